The first-order valence-corrected chi connectivity index (χ1v) is 9.91. The maximum absolute atomic E-state index is 12.3. The first kappa shape index (κ1) is 20.4. The topological polar surface area (TPSA) is 67.4 Å². The Morgan fingerprint density at radius 3 is 2.11 bits per heavy atom. The minimum Gasteiger partial charge on any atom is -0.372 e. The number of ether oxygens (including phenoxy) is 1. The number of carbonyl (C=O) groups excluding carboxylic acids is 2. The summed E-state index contributed by atoms with van der Waals surface area (Å²) in [6.07, 6.45) is 3.91. The van der Waals surface area contributed by atoms with Gasteiger partial charge in [0, 0.05) is 19.6 Å². The summed E-state index contributed by atoms with van der Waals surface area (Å²) in [6.45, 7) is -1.21. The Hall–Kier alpha value is -1.31. The molecule has 0 aromatic carbocycles. The standard InChI is InChI=1S/C19H29F3N2O3/c20-19(21,22)12-27-3-1-2-23-17(26)11-24-16(25)10-18-7-13-4-14(8-18)6-15(5-13)9-18/h13-15H,1-12H2,(H,23,26)(H,24,25). The monoisotopic (exact) mass is 390 g/mol. The van der Waals surface area contributed by atoms with Crippen molar-refractivity contribution in [1.82, 2.24) is 10.6 Å². The van der Waals surface area contributed by atoms with E-state index >= 15 is 0 Å². The number of nitrogens with one attached hydrogen (secondary N) is 2. The van der Waals surface area contributed by atoms with E-state index in [4.69, 9.17) is 0 Å². The van der Waals surface area contributed by atoms with E-state index in [1.54, 1.807) is 0 Å². The van der Waals surface area contributed by atoms with Crippen molar-refractivity contribution in [2.45, 2.75) is 57.5 Å². The molecule has 0 saturated heterocycles. The molecular formula is C19H29F3N2O3. The van der Waals surface area contributed by atoms with Crippen LogP contribution in [-0.4, -0.2) is 44.3 Å². The second-order valence-corrected chi connectivity index (χ2v) is 8.74. The first-order valence-electron chi connectivity index (χ1n) is 9.91. The van der Waals surface area contributed by atoms with Crippen molar-refractivity contribution >= 4 is 11.8 Å². The van der Waals surface area contributed by atoms with E-state index in [0.29, 0.717) is 12.8 Å². The minimum absolute atomic E-state index is 0.0689. The fraction of sp³-hybridized carbons (Fsp3) is 0.895. The van der Waals surface area contributed by atoms with Crippen LogP contribution in [-0.2, 0) is 14.3 Å². The Bertz CT molecular complexity index is 516. The number of carbonyl (C=O) groups is 2. The Morgan fingerprint density at radius 1 is 0.963 bits per heavy atom. The lowest BCUT2D eigenvalue weighted by atomic mass is 9.49. The van der Waals surface area contributed by atoms with Gasteiger partial charge in [-0.2, -0.15) is 13.2 Å². The van der Waals surface area contributed by atoms with Gasteiger partial charge in [0.05, 0.1) is 6.54 Å². The predicted octanol–water partition coefficient (Wildman–Crippen LogP) is 2.79. The third-order valence-corrected chi connectivity index (χ3v) is 6.20. The van der Waals surface area contributed by atoms with Crippen molar-refractivity contribution in [3.63, 3.8) is 0 Å². The lowest BCUT2D eigenvalue weighted by molar-refractivity contribution is -0.174. The largest absolute Gasteiger partial charge is 0.411 e. The molecule has 8 heteroatoms. The second-order valence-electron chi connectivity index (χ2n) is 8.74. The normalized spacial score (nSPS) is 31.7. The summed E-state index contributed by atoms with van der Waals surface area (Å²) < 4.78 is 40.2. The maximum Gasteiger partial charge on any atom is 0.411 e. The molecule has 27 heavy (non-hydrogen) atoms. The molecule has 0 aromatic rings. The molecule has 0 unspecified atom stereocenters. The first-order chi connectivity index (χ1) is 12.7. The van der Waals surface area contributed by atoms with Crippen LogP contribution in [0, 0.1) is 23.2 Å². The number of hydrogen-bond acceptors (Lipinski definition) is 3. The van der Waals surface area contributed by atoms with Crippen LogP contribution in [0.4, 0.5) is 13.2 Å². The van der Waals surface area contributed by atoms with Crippen LogP contribution in [0.15, 0.2) is 0 Å². The van der Waals surface area contributed by atoms with Crippen LogP contribution in [0.25, 0.3) is 0 Å². The number of hydrogen-bond donors (Lipinski definition) is 2. The molecule has 0 heterocycles. The molecule has 0 radical (unpaired) electrons. The predicted molar refractivity (Wildman–Crippen MR) is 92.7 cm³/mol. The van der Waals surface area contributed by atoms with Crippen molar-refractivity contribution in [2.24, 2.45) is 23.2 Å². The highest BCUT2D eigenvalue weighted by atomic mass is 19.4. The summed E-state index contributed by atoms with van der Waals surface area (Å²) in [6, 6.07) is 0. The van der Waals surface area contributed by atoms with E-state index in [0.717, 1.165) is 37.0 Å². The van der Waals surface area contributed by atoms with Crippen molar-refractivity contribution in [1.29, 1.82) is 0 Å². The van der Waals surface area contributed by atoms with Crippen molar-refractivity contribution < 1.29 is 27.5 Å². The highest BCUT2D eigenvalue weighted by molar-refractivity contribution is 5.84. The summed E-state index contributed by atoms with van der Waals surface area (Å²) in [4.78, 5) is 24.1. The van der Waals surface area contributed by atoms with Gasteiger partial charge in [0.1, 0.15) is 6.61 Å². The highest BCUT2D eigenvalue weighted by Crippen LogP contribution is 2.61. The van der Waals surface area contributed by atoms with Crippen LogP contribution >= 0.6 is 0 Å². The molecule has 4 aliphatic carbocycles. The number of halogens is 3. The average molecular weight is 390 g/mol. The molecule has 5 nitrogen and oxygen atoms in total. The van der Waals surface area contributed by atoms with Gasteiger partial charge in [-0.15, -0.1) is 0 Å². The lowest BCUT2D eigenvalue weighted by Crippen LogP contribution is -2.48. The van der Waals surface area contributed by atoms with E-state index in [2.05, 4.69) is 15.4 Å². The van der Waals surface area contributed by atoms with Gasteiger partial charge < -0.3 is 15.4 Å². The zero-order valence-electron chi connectivity index (χ0n) is 15.6. The molecule has 0 atom stereocenters. The summed E-state index contributed by atoms with van der Waals surface area (Å²) in [7, 11) is 0. The SMILES string of the molecule is O=C(CNC(=O)CC12CC3CC(CC(C3)C1)C2)NCCCOCC(F)(F)F. The van der Waals surface area contributed by atoms with Gasteiger partial charge >= 0.3 is 6.18 Å². The van der Waals surface area contributed by atoms with Gasteiger partial charge in [0.25, 0.3) is 0 Å². The Morgan fingerprint density at radius 2 is 1.56 bits per heavy atom. The third kappa shape index (κ3) is 6.09. The van der Waals surface area contributed by atoms with E-state index in [9.17, 15) is 22.8 Å². The minimum atomic E-state index is -4.33. The van der Waals surface area contributed by atoms with Gasteiger partial charge in [-0.25, -0.2) is 0 Å². The Kier molecular flexibility index (Phi) is 6.33. The fourth-order valence-corrected chi connectivity index (χ4v) is 5.74. The average Bonchev–Trinajstić information content (AvgIpc) is 2.53. The zero-order chi connectivity index (χ0) is 19.5. The molecule has 4 aliphatic rings. The molecule has 4 saturated carbocycles. The van der Waals surface area contributed by atoms with Crippen LogP contribution in [0.2, 0.25) is 0 Å². The van der Waals surface area contributed by atoms with Gasteiger partial charge in [-0.05, 0) is 68.1 Å². The third-order valence-electron chi connectivity index (χ3n) is 6.20. The molecule has 0 aliphatic heterocycles. The summed E-state index contributed by atoms with van der Waals surface area (Å²) in [5.41, 5.74) is 0.144. The lowest BCUT2D eigenvalue weighted by Gasteiger charge is -2.56. The van der Waals surface area contributed by atoms with Gasteiger partial charge in [-0.1, -0.05) is 0 Å². The summed E-state index contributed by atoms with van der Waals surface area (Å²) >= 11 is 0. The quantitative estimate of drug-likeness (QED) is 0.595. The van der Waals surface area contributed by atoms with Gasteiger partial charge in [-0.3, -0.25) is 9.59 Å². The van der Waals surface area contributed by atoms with Crippen molar-refractivity contribution in [3.05, 3.63) is 0 Å². The number of alkyl halides is 3. The van der Waals surface area contributed by atoms with E-state index in [1.165, 1.54) is 19.3 Å². The molecule has 154 valence electrons. The van der Waals surface area contributed by atoms with Gasteiger partial charge in [0.2, 0.25) is 11.8 Å². The second kappa shape index (κ2) is 8.37. The number of rotatable bonds is 9. The van der Waals surface area contributed by atoms with Crippen LogP contribution < -0.4 is 10.6 Å². The molecule has 0 spiro atoms. The van der Waals surface area contributed by atoms with Gasteiger partial charge in [0.15, 0.2) is 0 Å². The molecule has 4 fully saturated rings. The Labute approximate surface area is 157 Å². The fourth-order valence-electron chi connectivity index (χ4n) is 5.74. The van der Waals surface area contributed by atoms with E-state index in [1.807, 2.05) is 0 Å². The zero-order valence-corrected chi connectivity index (χ0v) is 15.6. The highest BCUT2D eigenvalue weighted by Gasteiger charge is 2.51. The van der Waals surface area contributed by atoms with Crippen molar-refractivity contribution in [3.8, 4) is 0 Å². The van der Waals surface area contributed by atoms with E-state index in [-0.39, 0.29) is 36.9 Å². The van der Waals surface area contributed by atoms with Crippen molar-refractivity contribution in [2.75, 3.05) is 26.3 Å². The van der Waals surface area contributed by atoms with Crippen LogP contribution in [0.3, 0.4) is 0 Å². The van der Waals surface area contributed by atoms with E-state index < -0.39 is 12.8 Å². The summed E-state index contributed by atoms with van der Waals surface area (Å²) in [5, 5.41) is 5.28. The number of amides is 2. The molecule has 2 amide bonds. The molecule has 4 rings (SSSR count). The molecular weight excluding hydrogens is 361 g/mol. The smallest absolute Gasteiger partial charge is 0.372 e. The molecule has 0 aromatic heterocycles. The molecule has 2 N–H and O–H groups in total. The maximum atomic E-state index is 12.3. The molecule has 4 bridgehead atoms. The summed E-state index contributed by atoms with van der Waals surface area (Å²) in [5.74, 6) is 1.95. The Balaban J connectivity index is 1.28. The van der Waals surface area contributed by atoms with Crippen LogP contribution in [0.1, 0.15) is 51.4 Å². The van der Waals surface area contributed by atoms with Crippen LogP contribution in [0.5, 0.6) is 0 Å².